The van der Waals surface area contributed by atoms with Crippen LogP contribution >= 0.6 is 0 Å². The third-order valence-electron chi connectivity index (χ3n) is 2.85. The van der Waals surface area contributed by atoms with E-state index in [1.54, 1.807) is 35.3 Å². The Morgan fingerprint density at radius 3 is 2.90 bits per heavy atom. The maximum atomic E-state index is 13.5. The molecule has 0 aliphatic carbocycles. The first-order valence-corrected chi connectivity index (χ1v) is 5.81. The van der Waals surface area contributed by atoms with E-state index in [0.29, 0.717) is 5.56 Å². The molecule has 20 heavy (non-hydrogen) atoms. The smallest absolute Gasteiger partial charge is 0.255 e. The summed E-state index contributed by atoms with van der Waals surface area (Å²) in [6, 6.07) is 6.07. The molecule has 1 aromatic carbocycles. The normalized spacial score (nSPS) is 10.7. The number of imidazole rings is 1. The van der Waals surface area contributed by atoms with E-state index >= 15 is 0 Å². The molecule has 0 atom stereocenters. The maximum Gasteiger partial charge on any atom is 0.255 e. The van der Waals surface area contributed by atoms with Crippen molar-refractivity contribution in [1.82, 2.24) is 9.38 Å². The summed E-state index contributed by atoms with van der Waals surface area (Å²) >= 11 is 0. The topological polar surface area (TPSA) is 46.4 Å². The number of carbonyl (C=O) groups excluding carboxylic acids is 1. The van der Waals surface area contributed by atoms with Crippen LogP contribution in [0.15, 0.2) is 49.1 Å². The molecular formula is C14H9F2N3O. The van der Waals surface area contributed by atoms with Gasteiger partial charge in [0.05, 0.1) is 23.7 Å². The van der Waals surface area contributed by atoms with Crippen LogP contribution in [-0.2, 0) is 0 Å². The van der Waals surface area contributed by atoms with Crippen molar-refractivity contribution in [2.75, 3.05) is 5.32 Å². The number of nitrogens with one attached hydrogen (secondary N) is 1. The van der Waals surface area contributed by atoms with Gasteiger partial charge >= 0.3 is 0 Å². The lowest BCUT2D eigenvalue weighted by Crippen LogP contribution is -2.13. The molecule has 0 unspecified atom stereocenters. The van der Waals surface area contributed by atoms with Crippen molar-refractivity contribution < 1.29 is 13.6 Å². The van der Waals surface area contributed by atoms with Crippen LogP contribution in [0.3, 0.4) is 0 Å². The summed E-state index contributed by atoms with van der Waals surface area (Å²) in [6.07, 6.45) is 4.86. The summed E-state index contributed by atoms with van der Waals surface area (Å²) in [7, 11) is 0. The molecule has 0 spiro atoms. The number of fused-ring (bicyclic) bond motifs is 1. The Balaban J connectivity index is 1.90. The average molecular weight is 273 g/mol. The van der Waals surface area contributed by atoms with E-state index in [1.165, 1.54) is 0 Å². The first kappa shape index (κ1) is 12.3. The number of nitrogens with zero attached hydrogens (tertiary/aromatic N) is 2. The van der Waals surface area contributed by atoms with E-state index in [9.17, 15) is 13.6 Å². The number of anilines is 1. The van der Waals surface area contributed by atoms with E-state index in [2.05, 4.69) is 10.3 Å². The van der Waals surface area contributed by atoms with Gasteiger partial charge in [-0.25, -0.2) is 13.8 Å². The summed E-state index contributed by atoms with van der Waals surface area (Å²) in [5.74, 6) is -1.82. The first-order valence-electron chi connectivity index (χ1n) is 5.81. The first-order chi connectivity index (χ1) is 9.63. The van der Waals surface area contributed by atoms with Gasteiger partial charge in [0.1, 0.15) is 11.6 Å². The fourth-order valence-electron chi connectivity index (χ4n) is 1.85. The molecule has 2 heterocycles. The molecule has 0 bridgehead atoms. The van der Waals surface area contributed by atoms with Crippen LogP contribution in [0.2, 0.25) is 0 Å². The van der Waals surface area contributed by atoms with E-state index in [0.717, 1.165) is 23.7 Å². The van der Waals surface area contributed by atoms with Crippen LogP contribution in [-0.4, -0.2) is 15.3 Å². The van der Waals surface area contributed by atoms with Gasteiger partial charge in [-0.3, -0.25) is 4.79 Å². The zero-order valence-electron chi connectivity index (χ0n) is 10.2. The maximum absolute atomic E-state index is 13.5. The van der Waals surface area contributed by atoms with E-state index in [-0.39, 0.29) is 5.69 Å². The van der Waals surface area contributed by atoms with Gasteiger partial charge in [0, 0.05) is 17.8 Å². The molecule has 0 fully saturated rings. The van der Waals surface area contributed by atoms with E-state index in [4.69, 9.17) is 0 Å². The fraction of sp³-hybridized carbons (Fsp3) is 0. The quantitative estimate of drug-likeness (QED) is 0.780. The predicted molar refractivity (Wildman–Crippen MR) is 69.5 cm³/mol. The highest BCUT2D eigenvalue weighted by Crippen LogP contribution is 2.17. The highest BCUT2D eigenvalue weighted by Gasteiger charge is 2.11. The molecule has 3 rings (SSSR count). The molecule has 6 heteroatoms. The lowest BCUT2D eigenvalue weighted by Gasteiger charge is -2.07. The van der Waals surface area contributed by atoms with Crippen molar-refractivity contribution in [3.8, 4) is 0 Å². The third-order valence-corrected chi connectivity index (χ3v) is 2.85. The van der Waals surface area contributed by atoms with Crippen molar-refractivity contribution in [3.05, 3.63) is 66.3 Å². The lowest BCUT2D eigenvalue weighted by molar-refractivity contribution is 0.102. The number of halogens is 2. The van der Waals surface area contributed by atoms with Gasteiger partial charge in [-0.05, 0) is 24.3 Å². The highest BCUT2D eigenvalue weighted by molar-refractivity contribution is 6.04. The minimum atomic E-state index is -0.690. The van der Waals surface area contributed by atoms with Gasteiger partial charge in [-0.2, -0.15) is 0 Å². The molecule has 1 N–H and O–H groups in total. The van der Waals surface area contributed by atoms with Gasteiger partial charge in [0.25, 0.3) is 5.91 Å². The Kier molecular flexibility index (Phi) is 2.90. The predicted octanol–water partition coefficient (Wildman–Crippen LogP) is 2.86. The lowest BCUT2D eigenvalue weighted by atomic mass is 10.2. The van der Waals surface area contributed by atoms with Gasteiger partial charge < -0.3 is 9.72 Å². The Bertz CT molecular complexity index is 798. The second-order valence-corrected chi connectivity index (χ2v) is 4.22. The molecule has 0 aliphatic heterocycles. The Labute approximate surface area is 112 Å². The average Bonchev–Trinajstić information content (AvgIpc) is 2.90. The molecule has 1 amide bonds. The van der Waals surface area contributed by atoms with Gasteiger partial charge in [0.2, 0.25) is 0 Å². The number of hydrogen-bond acceptors (Lipinski definition) is 2. The van der Waals surface area contributed by atoms with Gasteiger partial charge in [0.15, 0.2) is 0 Å². The highest BCUT2D eigenvalue weighted by atomic mass is 19.1. The van der Waals surface area contributed by atoms with Gasteiger partial charge in [-0.1, -0.05) is 0 Å². The van der Waals surface area contributed by atoms with Crippen LogP contribution in [0, 0.1) is 11.6 Å². The van der Waals surface area contributed by atoms with E-state index in [1.807, 2.05) is 0 Å². The van der Waals surface area contributed by atoms with Crippen molar-refractivity contribution in [3.63, 3.8) is 0 Å². The second kappa shape index (κ2) is 4.73. The largest absolute Gasteiger partial charge is 0.319 e. The number of aromatic nitrogens is 2. The Morgan fingerprint density at radius 1 is 1.20 bits per heavy atom. The fourth-order valence-corrected chi connectivity index (χ4v) is 1.85. The Hall–Kier alpha value is -2.76. The second-order valence-electron chi connectivity index (χ2n) is 4.22. The molecule has 0 aliphatic rings. The zero-order valence-corrected chi connectivity index (χ0v) is 10.2. The molecule has 100 valence electrons. The number of hydrogen-bond donors (Lipinski definition) is 1. The van der Waals surface area contributed by atoms with Crippen LogP contribution in [0.25, 0.3) is 5.52 Å². The van der Waals surface area contributed by atoms with Crippen LogP contribution < -0.4 is 5.32 Å². The van der Waals surface area contributed by atoms with Crippen molar-refractivity contribution >= 4 is 17.1 Å². The molecule has 0 saturated carbocycles. The summed E-state index contributed by atoms with van der Waals surface area (Å²) in [5, 5.41) is 2.34. The Morgan fingerprint density at radius 2 is 2.05 bits per heavy atom. The minimum Gasteiger partial charge on any atom is -0.319 e. The number of benzene rings is 1. The summed E-state index contributed by atoms with van der Waals surface area (Å²) in [5.41, 5.74) is 0.877. The summed E-state index contributed by atoms with van der Waals surface area (Å²) < 4.78 is 28.2. The molecule has 2 aromatic heterocycles. The molecule has 0 saturated heterocycles. The number of pyridine rings is 1. The van der Waals surface area contributed by atoms with E-state index < -0.39 is 17.5 Å². The van der Waals surface area contributed by atoms with Crippen LogP contribution in [0.5, 0.6) is 0 Å². The molecular weight excluding hydrogens is 264 g/mol. The van der Waals surface area contributed by atoms with Crippen LogP contribution in [0.1, 0.15) is 10.4 Å². The van der Waals surface area contributed by atoms with Gasteiger partial charge in [-0.15, -0.1) is 0 Å². The SMILES string of the molecule is O=C(Nc1cc(F)ccc1F)c1ccn2cncc2c1. The standard InChI is InChI=1S/C14H9F2N3O/c15-10-1-2-12(16)13(6-10)18-14(20)9-3-4-19-8-17-7-11(19)5-9/h1-8H,(H,18,20). The van der Waals surface area contributed by atoms with Crippen molar-refractivity contribution in [1.29, 1.82) is 0 Å². The van der Waals surface area contributed by atoms with Crippen LogP contribution in [0.4, 0.5) is 14.5 Å². The molecule has 4 nitrogen and oxygen atoms in total. The number of amides is 1. The summed E-state index contributed by atoms with van der Waals surface area (Å²) in [6.45, 7) is 0. The zero-order chi connectivity index (χ0) is 14.1. The number of rotatable bonds is 2. The monoisotopic (exact) mass is 273 g/mol. The van der Waals surface area contributed by atoms with Crippen molar-refractivity contribution in [2.24, 2.45) is 0 Å². The third kappa shape index (κ3) is 2.23. The summed E-state index contributed by atoms with van der Waals surface area (Å²) in [4.78, 5) is 15.9. The van der Waals surface area contributed by atoms with Crippen molar-refractivity contribution in [2.45, 2.75) is 0 Å². The molecule has 0 radical (unpaired) electrons. The number of carbonyl (C=O) groups is 1. The minimum absolute atomic E-state index is 0.191. The molecule has 3 aromatic rings.